The molecule has 1 N–H and O–H groups in total. The molecule has 0 fully saturated rings. The maximum absolute atomic E-state index is 12.2. The number of aliphatic hydroxyl groups excluding tert-OH is 1. The summed E-state index contributed by atoms with van der Waals surface area (Å²) in [6.07, 6.45) is -0.876. The average Bonchev–Trinajstić information content (AvgIpc) is 2.90. The minimum absolute atomic E-state index is 0.0518. The third-order valence-electron chi connectivity index (χ3n) is 5.31. The van der Waals surface area contributed by atoms with Crippen LogP contribution in [-0.4, -0.2) is 38.8 Å². The topological polar surface area (TPSA) is 98.3 Å². The van der Waals surface area contributed by atoms with Crippen LogP contribution in [0.1, 0.15) is 0 Å². The van der Waals surface area contributed by atoms with Gasteiger partial charge in [0.25, 0.3) is 0 Å². The number of fused-ring (bicyclic) bond motifs is 1. The Balaban J connectivity index is 1.32. The maximum atomic E-state index is 12.2. The molecule has 2 heterocycles. The van der Waals surface area contributed by atoms with Crippen LogP contribution < -0.4 is 10.4 Å². The Labute approximate surface area is 233 Å². The van der Waals surface area contributed by atoms with Crippen LogP contribution in [0, 0.1) is 0 Å². The number of ether oxygens (including phenoxy) is 1. The summed E-state index contributed by atoms with van der Waals surface area (Å²) in [5.41, 5.74) is 2.98. The van der Waals surface area contributed by atoms with Crippen LogP contribution in [0.4, 0.5) is 0 Å². The summed E-state index contributed by atoms with van der Waals surface area (Å²) < 4.78 is 12.7. The van der Waals surface area contributed by atoms with Crippen LogP contribution in [0.3, 0.4) is 0 Å². The van der Waals surface area contributed by atoms with Crippen molar-refractivity contribution >= 4 is 54.6 Å². The first kappa shape index (κ1) is 25.6. The summed E-state index contributed by atoms with van der Waals surface area (Å²) in [7, 11) is 0. The van der Waals surface area contributed by atoms with Gasteiger partial charge >= 0.3 is 5.63 Å². The summed E-state index contributed by atoms with van der Waals surface area (Å²) in [6.45, 7) is -0.0852. The molecule has 0 saturated carbocycles. The first-order chi connectivity index (χ1) is 18.0. The lowest BCUT2D eigenvalue weighted by Crippen LogP contribution is -2.22. The van der Waals surface area contributed by atoms with Crippen molar-refractivity contribution in [2.75, 3.05) is 12.4 Å². The lowest BCUT2D eigenvalue weighted by atomic mass is 10.0. The number of thioether (sulfide) groups is 1. The molecule has 37 heavy (non-hydrogen) atoms. The number of hydrogen-bond acceptors (Lipinski definition) is 8. The van der Waals surface area contributed by atoms with Crippen LogP contribution in [0.2, 0.25) is 0 Å². The Bertz CT molecular complexity index is 1630. The monoisotopic (exact) mass is 639 g/mol. The van der Waals surface area contributed by atoms with Gasteiger partial charge in [0.15, 0.2) is 0 Å². The molecule has 1 unspecified atom stereocenters. The molecular formula is C27H19Br2N3O4S. The first-order valence-electron chi connectivity index (χ1n) is 11.2. The summed E-state index contributed by atoms with van der Waals surface area (Å²) >= 11 is 8.29. The summed E-state index contributed by atoms with van der Waals surface area (Å²) in [5, 5.41) is 20.4. The van der Waals surface area contributed by atoms with E-state index in [0.717, 1.165) is 25.5 Å². The molecule has 3 aromatic carbocycles. The predicted octanol–water partition coefficient (Wildman–Crippen LogP) is 6.37. The Morgan fingerprint density at radius 3 is 2.32 bits per heavy atom. The number of para-hydroxylation sites is 1. The van der Waals surface area contributed by atoms with Crippen LogP contribution in [0.5, 0.6) is 5.75 Å². The van der Waals surface area contributed by atoms with E-state index in [1.54, 1.807) is 18.2 Å². The lowest BCUT2D eigenvalue weighted by Gasteiger charge is -2.13. The second-order valence-electron chi connectivity index (χ2n) is 8.02. The Kier molecular flexibility index (Phi) is 7.99. The number of halogens is 2. The van der Waals surface area contributed by atoms with Gasteiger partial charge in [-0.3, -0.25) is 0 Å². The van der Waals surface area contributed by atoms with E-state index in [2.05, 4.69) is 42.1 Å². The van der Waals surface area contributed by atoms with Crippen molar-refractivity contribution in [2.24, 2.45) is 0 Å². The van der Waals surface area contributed by atoms with E-state index in [1.165, 1.54) is 11.8 Å². The zero-order valence-corrected chi connectivity index (χ0v) is 23.2. The predicted molar refractivity (Wildman–Crippen MR) is 151 cm³/mol. The highest BCUT2D eigenvalue weighted by atomic mass is 79.9. The van der Waals surface area contributed by atoms with Crippen molar-refractivity contribution in [3.63, 3.8) is 0 Å². The third-order valence-corrected chi connectivity index (χ3v) is 7.28. The smallest absolute Gasteiger partial charge is 0.379 e. The van der Waals surface area contributed by atoms with Crippen LogP contribution in [-0.2, 0) is 0 Å². The molecule has 10 heteroatoms. The number of nitrogens with zero attached hydrogens (tertiary/aromatic N) is 3. The molecule has 5 rings (SSSR count). The molecule has 186 valence electrons. The highest BCUT2D eigenvalue weighted by Crippen LogP contribution is 2.32. The molecule has 1 atom stereocenters. The zero-order chi connectivity index (χ0) is 25.8. The zero-order valence-electron chi connectivity index (χ0n) is 19.2. The van der Waals surface area contributed by atoms with E-state index in [-0.39, 0.29) is 18.1 Å². The number of aliphatic hydroxyl groups is 1. The molecule has 7 nitrogen and oxygen atoms in total. The fraction of sp³-hybridized carbons (Fsp3) is 0.111. The molecule has 2 aromatic heterocycles. The third kappa shape index (κ3) is 6.27. The molecular weight excluding hydrogens is 622 g/mol. The Hall–Kier alpha value is -3.05. The van der Waals surface area contributed by atoms with Crippen molar-refractivity contribution in [1.82, 2.24) is 15.2 Å². The van der Waals surface area contributed by atoms with Gasteiger partial charge in [-0.2, -0.15) is 0 Å². The van der Waals surface area contributed by atoms with Crippen molar-refractivity contribution in [3.8, 4) is 28.3 Å². The summed E-state index contributed by atoms with van der Waals surface area (Å²) in [5.74, 6) is 0.297. The van der Waals surface area contributed by atoms with Gasteiger partial charge in [-0.05, 0) is 36.4 Å². The van der Waals surface area contributed by atoms with Gasteiger partial charge in [-0.25, -0.2) is 9.78 Å². The molecule has 0 radical (unpaired) electrons. The van der Waals surface area contributed by atoms with Gasteiger partial charge in [0.2, 0.25) is 10.9 Å². The minimum Gasteiger partial charge on any atom is -0.484 e. The average molecular weight is 641 g/mol. The molecule has 0 aliphatic rings. The molecule has 0 bridgehead atoms. The quantitative estimate of drug-likeness (QED) is 0.154. The second kappa shape index (κ2) is 11.6. The van der Waals surface area contributed by atoms with Crippen LogP contribution >= 0.6 is 43.6 Å². The molecule has 0 spiro atoms. The van der Waals surface area contributed by atoms with Gasteiger partial charge in [0.1, 0.15) is 23.6 Å². The Morgan fingerprint density at radius 2 is 1.59 bits per heavy atom. The normalized spacial score (nSPS) is 12.0. The summed E-state index contributed by atoms with van der Waals surface area (Å²) in [6, 6.07) is 24.4. The van der Waals surface area contributed by atoms with E-state index in [9.17, 15) is 9.90 Å². The highest BCUT2D eigenvalue weighted by molar-refractivity contribution is 9.10. The van der Waals surface area contributed by atoms with E-state index >= 15 is 0 Å². The van der Waals surface area contributed by atoms with Crippen molar-refractivity contribution in [1.29, 1.82) is 0 Å². The minimum atomic E-state index is -0.876. The summed E-state index contributed by atoms with van der Waals surface area (Å²) in [4.78, 5) is 16.9. The van der Waals surface area contributed by atoms with E-state index < -0.39 is 11.7 Å². The van der Waals surface area contributed by atoms with E-state index in [4.69, 9.17) is 14.1 Å². The van der Waals surface area contributed by atoms with Gasteiger partial charge in [0.05, 0.1) is 6.10 Å². The largest absolute Gasteiger partial charge is 0.484 e. The number of aromatic nitrogens is 3. The van der Waals surface area contributed by atoms with Gasteiger partial charge in [0, 0.05) is 31.2 Å². The van der Waals surface area contributed by atoms with Crippen molar-refractivity contribution < 1.29 is 14.3 Å². The molecule has 0 amide bonds. The van der Waals surface area contributed by atoms with Crippen molar-refractivity contribution in [2.45, 2.75) is 11.3 Å². The van der Waals surface area contributed by atoms with Crippen LogP contribution in [0.25, 0.3) is 33.5 Å². The molecule has 0 aliphatic heterocycles. The van der Waals surface area contributed by atoms with Gasteiger partial charge < -0.3 is 14.3 Å². The van der Waals surface area contributed by atoms with E-state index in [1.807, 2.05) is 60.7 Å². The SMILES string of the molecule is O=c1oc2ccccc2cc1OCC(O)CSc1nnc(-c2cccc(Br)c2)c(-c2cccc(Br)c2)n1. The lowest BCUT2D eigenvalue weighted by molar-refractivity contribution is 0.124. The Morgan fingerprint density at radius 1 is 0.892 bits per heavy atom. The number of rotatable bonds is 8. The number of hydrogen-bond donors (Lipinski definition) is 1. The maximum Gasteiger partial charge on any atom is 0.379 e. The standard InChI is InChI=1S/C27H19Br2N3O4S/c28-19-8-3-6-17(11-19)24-25(18-7-4-9-20(29)12-18)31-32-27(30-24)37-15-21(33)14-35-23-13-16-5-1-2-10-22(16)36-26(23)34/h1-13,21,33H,14-15H2. The van der Waals surface area contributed by atoms with Gasteiger partial charge in [-0.1, -0.05) is 86.1 Å². The molecule has 5 aromatic rings. The second-order valence-corrected chi connectivity index (χ2v) is 10.8. The number of benzene rings is 3. The fourth-order valence-corrected chi connectivity index (χ4v) is 5.08. The first-order valence-corrected chi connectivity index (χ1v) is 13.8. The van der Waals surface area contributed by atoms with Gasteiger partial charge in [-0.15, -0.1) is 10.2 Å². The highest BCUT2D eigenvalue weighted by Gasteiger charge is 2.16. The molecule has 0 aliphatic carbocycles. The van der Waals surface area contributed by atoms with Crippen molar-refractivity contribution in [3.05, 3.63) is 98.2 Å². The van der Waals surface area contributed by atoms with Crippen LogP contribution in [0.15, 0.2) is 102 Å². The molecule has 0 saturated heterocycles. The van der Waals surface area contributed by atoms with E-state index in [0.29, 0.717) is 22.1 Å². The fourth-order valence-electron chi connectivity index (χ4n) is 3.59.